The standard InChI is InChI=1S/C13H21NO2S/c1-10(2)13(3,16)9-14-12(15)7-6-11-5-4-8-17-11/h4-5,8,10,16H,6-7,9H2,1-3H3,(H,14,15). The molecule has 2 N–H and O–H groups in total. The highest BCUT2D eigenvalue weighted by molar-refractivity contribution is 7.09. The van der Waals surface area contributed by atoms with E-state index >= 15 is 0 Å². The van der Waals surface area contributed by atoms with Gasteiger partial charge in [-0.25, -0.2) is 0 Å². The first-order valence-electron chi connectivity index (χ1n) is 5.93. The van der Waals surface area contributed by atoms with Gasteiger partial charge in [0.25, 0.3) is 0 Å². The van der Waals surface area contributed by atoms with Gasteiger partial charge in [0.05, 0.1) is 5.60 Å². The summed E-state index contributed by atoms with van der Waals surface area (Å²) in [6.07, 6.45) is 1.25. The molecule has 0 saturated heterocycles. The molecule has 1 heterocycles. The molecule has 0 bridgehead atoms. The maximum Gasteiger partial charge on any atom is 0.220 e. The van der Waals surface area contributed by atoms with Gasteiger partial charge < -0.3 is 10.4 Å². The Bertz CT molecular complexity index is 344. The van der Waals surface area contributed by atoms with Gasteiger partial charge in [0, 0.05) is 17.8 Å². The molecular formula is C13H21NO2S. The van der Waals surface area contributed by atoms with Crippen LogP contribution in [-0.4, -0.2) is 23.2 Å². The quantitative estimate of drug-likeness (QED) is 0.818. The van der Waals surface area contributed by atoms with Gasteiger partial charge in [-0.3, -0.25) is 4.79 Å². The molecule has 3 nitrogen and oxygen atoms in total. The Labute approximate surface area is 107 Å². The third-order valence-electron chi connectivity index (χ3n) is 3.07. The number of carbonyl (C=O) groups excluding carboxylic acids is 1. The van der Waals surface area contributed by atoms with Gasteiger partial charge in [0.1, 0.15) is 0 Å². The summed E-state index contributed by atoms with van der Waals surface area (Å²) in [5, 5.41) is 14.8. The van der Waals surface area contributed by atoms with Crippen LogP contribution in [0.1, 0.15) is 32.1 Å². The van der Waals surface area contributed by atoms with E-state index in [0.29, 0.717) is 13.0 Å². The van der Waals surface area contributed by atoms with E-state index in [4.69, 9.17) is 0 Å². The van der Waals surface area contributed by atoms with Gasteiger partial charge in [-0.15, -0.1) is 11.3 Å². The molecule has 0 aliphatic heterocycles. The Balaban J connectivity index is 2.26. The summed E-state index contributed by atoms with van der Waals surface area (Å²) in [5.41, 5.74) is -0.835. The molecule has 0 aliphatic carbocycles. The van der Waals surface area contributed by atoms with Crippen LogP contribution in [0.4, 0.5) is 0 Å². The summed E-state index contributed by atoms with van der Waals surface area (Å²) in [5.74, 6) is 0.124. The maximum atomic E-state index is 11.6. The summed E-state index contributed by atoms with van der Waals surface area (Å²) in [6.45, 7) is 5.95. The fourth-order valence-corrected chi connectivity index (χ4v) is 1.97. The zero-order chi connectivity index (χ0) is 12.9. The Morgan fingerprint density at radius 1 is 1.59 bits per heavy atom. The summed E-state index contributed by atoms with van der Waals surface area (Å²) < 4.78 is 0. The summed E-state index contributed by atoms with van der Waals surface area (Å²) in [4.78, 5) is 12.8. The SMILES string of the molecule is CC(C)C(C)(O)CNC(=O)CCc1cccs1. The minimum Gasteiger partial charge on any atom is -0.388 e. The van der Waals surface area contributed by atoms with Crippen LogP contribution in [0.15, 0.2) is 17.5 Å². The van der Waals surface area contributed by atoms with Crippen LogP contribution in [0.2, 0.25) is 0 Å². The van der Waals surface area contributed by atoms with Crippen molar-refractivity contribution < 1.29 is 9.90 Å². The Hall–Kier alpha value is -0.870. The number of hydrogen-bond acceptors (Lipinski definition) is 3. The number of rotatable bonds is 6. The molecule has 0 spiro atoms. The Morgan fingerprint density at radius 3 is 2.82 bits per heavy atom. The van der Waals surface area contributed by atoms with Crippen molar-refractivity contribution >= 4 is 17.2 Å². The van der Waals surface area contributed by atoms with Gasteiger partial charge in [-0.05, 0) is 30.7 Å². The number of aliphatic hydroxyl groups is 1. The zero-order valence-corrected chi connectivity index (χ0v) is 11.5. The van der Waals surface area contributed by atoms with E-state index in [-0.39, 0.29) is 11.8 Å². The van der Waals surface area contributed by atoms with Crippen LogP contribution >= 0.6 is 11.3 Å². The largest absolute Gasteiger partial charge is 0.388 e. The summed E-state index contributed by atoms with van der Waals surface area (Å²) in [6, 6.07) is 4.02. The monoisotopic (exact) mass is 255 g/mol. The number of amides is 1. The zero-order valence-electron chi connectivity index (χ0n) is 10.7. The van der Waals surface area contributed by atoms with Crippen molar-refractivity contribution in [1.82, 2.24) is 5.32 Å². The number of thiophene rings is 1. The molecule has 4 heteroatoms. The van der Waals surface area contributed by atoms with Crippen LogP contribution in [0.5, 0.6) is 0 Å². The molecule has 1 aromatic heterocycles. The van der Waals surface area contributed by atoms with Crippen LogP contribution in [0, 0.1) is 5.92 Å². The third-order valence-corrected chi connectivity index (χ3v) is 4.00. The second-order valence-electron chi connectivity index (χ2n) is 4.87. The van der Waals surface area contributed by atoms with Crippen molar-refractivity contribution in [1.29, 1.82) is 0 Å². The molecule has 17 heavy (non-hydrogen) atoms. The van der Waals surface area contributed by atoms with E-state index in [1.54, 1.807) is 18.3 Å². The summed E-state index contributed by atoms with van der Waals surface area (Å²) >= 11 is 1.66. The third kappa shape index (κ3) is 4.88. The van der Waals surface area contributed by atoms with Gasteiger partial charge >= 0.3 is 0 Å². The van der Waals surface area contributed by atoms with Gasteiger partial charge in [0.15, 0.2) is 0 Å². The number of aryl methyl sites for hydroxylation is 1. The molecule has 0 radical (unpaired) electrons. The van der Waals surface area contributed by atoms with Gasteiger partial charge in [0.2, 0.25) is 5.91 Å². The minimum absolute atomic E-state index is 0.000625. The van der Waals surface area contributed by atoms with Crippen LogP contribution in [0.3, 0.4) is 0 Å². The van der Waals surface area contributed by atoms with Crippen molar-refractivity contribution in [3.8, 4) is 0 Å². The van der Waals surface area contributed by atoms with Crippen LogP contribution in [0.25, 0.3) is 0 Å². The topological polar surface area (TPSA) is 49.3 Å². The molecule has 1 unspecified atom stereocenters. The van der Waals surface area contributed by atoms with Crippen molar-refractivity contribution in [2.45, 2.75) is 39.2 Å². The fraction of sp³-hybridized carbons (Fsp3) is 0.615. The molecule has 0 saturated carbocycles. The molecule has 1 amide bonds. The van der Waals surface area contributed by atoms with Crippen molar-refractivity contribution in [2.75, 3.05) is 6.54 Å². The average Bonchev–Trinajstić information content (AvgIpc) is 2.76. The molecule has 0 aromatic carbocycles. The molecule has 0 fully saturated rings. The lowest BCUT2D eigenvalue weighted by Gasteiger charge is -2.27. The molecule has 1 rings (SSSR count). The van der Waals surface area contributed by atoms with Gasteiger partial charge in [-0.2, -0.15) is 0 Å². The fourth-order valence-electron chi connectivity index (χ4n) is 1.26. The summed E-state index contributed by atoms with van der Waals surface area (Å²) in [7, 11) is 0. The van der Waals surface area contributed by atoms with Crippen molar-refractivity contribution in [3.05, 3.63) is 22.4 Å². The minimum atomic E-state index is -0.835. The second-order valence-corrected chi connectivity index (χ2v) is 5.90. The first kappa shape index (κ1) is 14.2. The lowest BCUT2D eigenvalue weighted by molar-refractivity contribution is -0.122. The Kier molecular flexibility index (Phi) is 5.15. The van der Waals surface area contributed by atoms with E-state index in [0.717, 1.165) is 6.42 Å². The van der Waals surface area contributed by atoms with Gasteiger partial charge in [-0.1, -0.05) is 19.9 Å². The normalized spacial score (nSPS) is 14.6. The highest BCUT2D eigenvalue weighted by atomic mass is 32.1. The van der Waals surface area contributed by atoms with Crippen molar-refractivity contribution in [2.24, 2.45) is 5.92 Å². The average molecular weight is 255 g/mol. The molecule has 0 aliphatic rings. The molecule has 1 atom stereocenters. The lowest BCUT2D eigenvalue weighted by atomic mass is 9.92. The van der Waals surface area contributed by atoms with E-state index in [9.17, 15) is 9.90 Å². The van der Waals surface area contributed by atoms with E-state index in [1.165, 1.54) is 4.88 Å². The van der Waals surface area contributed by atoms with Crippen LogP contribution < -0.4 is 5.32 Å². The number of carbonyl (C=O) groups is 1. The second kappa shape index (κ2) is 6.17. The lowest BCUT2D eigenvalue weighted by Crippen LogP contribution is -2.44. The predicted octanol–water partition coefficient (Wildman–Crippen LogP) is 2.20. The van der Waals surface area contributed by atoms with Crippen LogP contribution in [-0.2, 0) is 11.2 Å². The molecular weight excluding hydrogens is 234 g/mol. The first-order valence-corrected chi connectivity index (χ1v) is 6.81. The van der Waals surface area contributed by atoms with E-state index in [2.05, 4.69) is 5.32 Å². The smallest absolute Gasteiger partial charge is 0.220 e. The molecule has 1 aromatic rings. The number of nitrogens with one attached hydrogen (secondary N) is 1. The van der Waals surface area contributed by atoms with Crippen molar-refractivity contribution in [3.63, 3.8) is 0 Å². The number of hydrogen-bond donors (Lipinski definition) is 2. The van der Waals surface area contributed by atoms with E-state index in [1.807, 2.05) is 31.4 Å². The first-order chi connectivity index (χ1) is 7.92. The molecule has 96 valence electrons. The Morgan fingerprint density at radius 2 is 2.29 bits per heavy atom. The predicted molar refractivity (Wildman–Crippen MR) is 71.1 cm³/mol. The van der Waals surface area contributed by atoms with E-state index < -0.39 is 5.60 Å². The maximum absolute atomic E-state index is 11.6. The highest BCUT2D eigenvalue weighted by Gasteiger charge is 2.25. The highest BCUT2D eigenvalue weighted by Crippen LogP contribution is 2.15.